The second-order valence-electron chi connectivity index (χ2n) is 4.30. The minimum Gasteiger partial charge on any atom is -0.497 e. The summed E-state index contributed by atoms with van der Waals surface area (Å²) in [4.78, 5) is 0.838. The lowest BCUT2D eigenvalue weighted by molar-refractivity contribution is 0.413. The highest BCUT2D eigenvalue weighted by molar-refractivity contribution is 7.98. The van der Waals surface area contributed by atoms with E-state index in [4.69, 9.17) is 27.9 Å². The van der Waals surface area contributed by atoms with Crippen molar-refractivity contribution in [1.82, 2.24) is 0 Å². The summed E-state index contributed by atoms with van der Waals surface area (Å²) < 4.78 is 5.16. The Bertz CT molecular complexity index is 638. The third-order valence-corrected chi connectivity index (χ3v) is 4.69. The van der Waals surface area contributed by atoms with Crippen LogP contribution in [0.4, 0.5) is 0 Å². The molecule has 0 aliphatic rings. The van der Waals surface area contributed by atoms with Gasteiger partial charge in [0.25, 0.3) is 0 Å². The molecule has 0 radical (unpaired) electrons. The third kappa shape index (κ3) is 4.31. The summed E-state index contributed by atoms with van der Waals surface area (Å²) in [6.45, 7) is 0. The van der Waals surface area contributed by atoms with Crippen LogP contribution < -0.4 is 10.2 Å². The molecule has 0 saturated heterocycles. The van der Waals surface area contributed by atoms with Crippen molar-refractivity contribution in [2.75, 3.05) is 7.11 Å². The van der Waals surface area contributed by atoms with Gasteiger partial charge >= 0.3 is 7.12 Å². The maximum atomic E-state index is 9.42. The first-order chi connectivity index (χ1) is 10.0. The van der Waals surface area contributed by atoms with Gasteiger partial charge in [0.05, 0.1) is 12.1 Å². The topological polar surface area (TPSA) is 49.7 Å². The van der Waals surface area contributed by atoms with Crippen LogP contribution in [-0.4, -0.2) is 24.3 Å². The molecule has 21 heavy (non-hydrogen) atoms. The fourth-order valence-electron chi connectivity index (χ4n) is 1.83. The molecule has 0 bridgehead atoms. The quantitative estimate of drug-likeness (QED) is 0.648. The molecule has 2 N–H and O–H groups in total. The third-order valence-electron chi connectivity index (χ3n) is 2.90. The van der Waals surface area contributed by atoms with Crippen molar-refractivity contribution in [2.24, 2.45) is 0 Å². The van der Waals surface area contributed by atoms with Gasteiger partial charge in [-0.2, -0.15) is 0 Å². The zero-order valence-electron chi connectivity index (χ0n) is 11.2. The van der Waals surface area contributed by atoms with Gasteiger partial charge in [-0.3, -0.25) is 0 Å². The number of halogens is 2. The molecule has 3 nitrogen and oxygen atoms in total. The molecule has 0 aliphatic heterocycles. The van der Waals surface area contributed by atoms with Gasteiger partial charge in [-0.1, -0.05) is 29.3 Å². The predicted octanol–water partition coefficient (Wildman–Crippen LogP) is 2.97. The van der Waals surface area contributed by atoms with Gasteiger partial charge in [0.1, 0.15) is 5.75 Å². The van der Waals surface area contributed by atoms with Crippen LogP contribution in [-0.2, 0) is 5.75 Å². The monoisotopic (exact) mass is 342 g/mol. The summed E-state index contributed by atoms with van der Waals surface area (Å²) in [7, 11) is 0.0381. The smallest absolute Gasteiger partial charge is 0.488 e. The number of rotatable bonds is 5. The van der Waals surface area contributed by atoms with Crippen molar-refractivity contribution in [3.05, 3.63) is 52.0 Å². The Morgan fingerprint density at radius 3 is 2.57 bits per heavy atom. The molecule has 2 aromatic rings. The molecule has 2 aromatic carbocycles. The van der Waals surface area contributed by atoms with E-state index in [2.05, 4.69) is 0 Å². The Hall–Kier alpha value is -0.845. The first-order valence-corrected chi connectivity index (χ1v) is 7.86. The molecule has 0 aliphatic carbocycles. The molecule has 0 amide bonds. The largest absolute Gasteiger partial charge is 0.497 e. The van der Waals surface area contributed by atoms with Gasteiger partial charge in [-0.25, -0.2) is 0 Å². The van der Waals surface area contributed by atoms with Gasteiger partial charge in [0, 0.05) is 15.7 Å². The molecule has 110 valence electrons. The van der Waals surface area contributed by atoms with Gasteiger partial charge in [-0.05, 0) is 41.4 Å². The van der Waals surface area contributed by atoms with E-state index in [1.807, 2.05) is 0 Å². The van der Waals surface area contributed by atoms with E-state index in [9.17, 15) is 10.0 Å². The highest BCUT2D eigenvalue weighted by Crippen LogP contribution is 2.32. The molecule has 0 aromatic heterocycles. The van der Waals surface area contributed by atoms with Crippen LogP contribution in [0, 0.1) is 0 Å². The van der Waals surface area contributed by atoms with Crippen molar-refractivity contribution in [1.29, 1.82) is 0 Å². The second kappa shape index (κ2) is 7.43. The number of ether oxygens (including phenoxy) is 1. The average Bonchev–Trinajstić information content (AvgIpc) is 2.47. The van der Waals surface area contributed by atoms with Crippen molar-refractivity contribution in [3.8, 4) is 5.75 Å². The second-order valence-corrected chi connectivity index (χ2v) is 6.16. The summed E-state index contributed by atoms with van der Waals surface area (Å²) in [5, 5.41) is 20.1. The highest BCUT2D eigenvalue weighted by Gasteiger charge is 2.17. The average molecular weight is 343 g/mol. The van der Waals surface area contributed by atoms with Gasteiger partial charge < -0.3 is 14.8 Å². The minimum absolute atomic E-state index is 0.446. The van der Waals surface area contributed by atoms with E-state index in [1.54, 1.807) is 43.5 Å². The minimum atomic E-state index is -1.53. The molecule has 0 atom stereocenters. The SMILES string of the molecule is COc1ccc(B(O)O)c(CSc2cc(Cl)ccc2Cl)c1. The summed E-state index contributed by atoms with van der Waals surface area (Å²) in [6, 6.07) is 10.3. The predicted molar refractivity (Wildman–Crippen MR) is 88.8 cm³/mol. The summed E-state index contributed by atoms with van der Waals surface area (Å²) in [5.74, 6) is 1.18. The summed E-state index contributed by atoms with van der Waals surface area (Å²) >= 11 is 13.5. The number of benzene rings is 2. The van der Waals surface area contributed by atoms with Crippen LogP contribution in [0.15, 0.2) is 41.3 Å². The fourth-order valence-corrected chi connectivity index (χ4v) is 3.32. The van der Waals surface area contributed by atoms with Gasteiger partial charge in [0.15, 0.2) is 0 Å². The zero-order chi connectivity index (χ0) is 15.4. The Morgan fingerprint density at radius 1 is 1.14 bits per heavy atom. The van der Waals surface area contributed by atoms with Crippen LogP contribution in [0.5, 0.6) is 5.75 Å². The molecule has 0 spiro atoms. The maximum absolute atomic E-state index is 9.42. The first kappa shape index (κ1) is 16.5. The molecule has 0 fully saturated rings. The van der Waals surface area contributed by atoms with Gasteiger partial charge in [0.2, 0.25) is 0 Å². The number of methoxy groups -OCH3 is 1. The lowest BCUT2D eigenvalue weighted by atomic mass is 9.77. The molecule has 0 saturated carbocycles. The van der Waals surface area contributed by atoms with Crippen LogP contribution in [0.1, 0.15) is 5.56 Å². The molecule has 7 heteroatoms. The van der Waals surface area contributed by atoms with Gasteiger partial charge in [-0.15, -0.1) is 11.8 Å². The van der Waals surface area contributed by atoms with Crippen LogP contribution in [0.25, 0.3) is 0 Å². The summed E-state index contributed by atoms with van der Waals surface area (Å²) in [6.07, 6.45) is 0. The Labute approximate surface area is 138 Å². The van der Waals surface area contributed by atoms with E-state index < -0.39 is 7.12 Å². The van der Waals surface area contributed by atoms with E-state index in [1.165, 1.54) is 11.8 Å². The number of hydrogen-bond donors (Lipinski definition) is 2. The van der Waals surface area contributed by atoms with Crippen molar-refractivity contribution < 1.29 is 14.8 Å². The van der Waals surface area contributed by atoms with Crippen molar-refractivity contribution in [2.45, 2.75) is 10.6 Å². The van der Waals surface area contributed by atoms with E-state index >= 15 is 0 Å². The van der Waals surface area contributed by atoms with E-state index in [0.29, 0.717) is 27.0 Å². The summed E-state index contributed by atoms with van der Waals surface area (Å²) in [5.41, 5.74) is 1.21. The zero-order valence-corrected chi connectivity index (χ0v) is 13.5. The molecular weight excluding hydrogens is 330 g/mol. The molecule has 0 heterocycles. The Kier molecular flexibility index (Phi) is 5.84. The van der Waals surface area contributed by atoms with Crippen molar-refractivity contribution in [3.63, 3.8) is 0 Å². The maximum Gasteiger partial charge on any atom is 0.488 e. The lowest BCUT2D eigenvalue weighted by Crippen LogP contribution is -2.32. The lowest BCUT2D eigenvalue weighted by Gasteiger charge is -2.11. The molecule has 2 rings (SSSR count). The highest BCUT2D eigenvalue weighted by atomic mass is 35.5. The van der Waals surface area contributed by atoms with E-state index in [-0.39, 0.29) is 0 Å². The fraction of sp³-hybridized carbons (Fsp3) is 0.143. The van der Waals surface area contributed by atoms with E-state index in [0.717, 1.165) is 10.5 Å². The number of hydrogen-bond acceptors (Lipinski definition) is 4. The van der Waals surface area contributed by atoms with Crippen molar-refractivity contribution >= 4 is 47.5 Å². The number of thioether (sulfide) groups is 1. The van der Waals surface area contributed by atoms with Crippen LogP contribution in [0.3, 0.4) is 0 Å². The van der Waals surface area contributed by atoms with Crippen LogP contribution >= 0.6 is 35.0 Å². The van der Waals surface area contributed by atoms with Crippen LogP contribution in [0.2, 0.25) is 10.0 Å². The molecule has 0 unspecified atom stereocenters. The first-order valence-electron chi connectivity index (χ1n) is 6.12. The Morgan fingerprint density at radius 2 is 1.90 bits per heavy atom. The normalized spacial score (nSPS) is 10.5. The molecular formula is C14H13BCl2O3S. The standard InChI is InChI=1S/C14H13BCl2O3S/c1-20-11-3-4-12(15(18)19)9(6-11)8-21-14-7-10(16)2-5-13(14)17/h2-7,18-19H,8H2,1H3. The Balaban J connectivity index is 2.24.